The molecule has 0 unspecified atom stereocenters. The molecule has 1 fully saturated rings. The van der Waals surface area contributed by atoms with Gasteiger partial charge in [-0.3, -0.25) is 14.5 Å². The summed E-state index contributed by atoms with van der Waals surface area (Å²) in [6.07, 6.45) is 0.948. The Kier molecular flexibility index (Phi) is 7.31. The second-order valence-electron chi connectivity index (χ2n) is 8.13. The van der Waals surface area contributed by atoms with E-state index in [-0.39, 0.29) is 18.2 Å². The van der Waals surface area contributed by atoms with Gasteiger partial charge in [0.2, 0.25) is 11.8 Å². The van der Waals surface area contributed by atoms with Crippen molar-refractivity contribution in [2.75, 3.05) is 19.6 Å². The third-order valence-corrected chi connectivity index (χ3v) is 5.85. The minimum absolute atomic E-state index is 0.0737. The topological polar surface area (TPSA) is 61.4 Å². The molecule has 2 N–H and O–H groups in total. The molecule has 5 nitrogen and oxygen atoms in total. The van der Waals surface area contributed by atoms with E-state index < -0.39 is 6.04 Å². The summed E-state index contributed by atoms with van der Waals surface area (Å²) in [5.74, 6) is -0.164. The van der Waals surface area contributed by atoms with Gasteiger partial charge in [0.25, 0.3) is 0 Å². The predicted octanol–water partition coefficient (Wildman–Crippen LogP) is 3.40. The summed E-state index contributed by atoms with van der Waals surface area (Å²) in [7, 11) is 0. The highest BCUT2D eigenvalue weighted by atomic mass is 16.2. The molecule has 4 rings (SSSR count). The van der Waals surface area contributed by atoms with Crippen molar-refractivity contribution < 1.29 is 9.59 Å². The van der Waals surface area contributed by atoms with Crippen LogP contribution in [0.5, 0.6) is 0 Å². The maximum Gasteiger partial charge on any atom is 0.237 e. The molecule has 1 aliphatic rings. The standard InChI is InChI=1S/C27H29N3O2/c31-26(28-16-15-21-7-3-1-4-8-21)19-25-27(32)29-17-18-30(25)20-22-11-13-24(14-12-22)23-9-5-2-6-10-23/h1-14,25H,15-20H2,(H,28,31)(H,29,32)/t25-/m1/s1. The van der Waals surface area contributed by atoms with Gasteiger partial charge in [-0.25, -0.2) is 0 Å². The average Bonchev–Trinajstić information content (AvgIpc) is 2.83. The third-order valence-electron chi connectivity index (χ3n) is 5.85. The van der Waals surface area contributed by atoms with Crippen LogP contribution >= 0.6 is 0 Å². The smallest absolute Gasteiger partial charge is 0.237 e. The quantitative estimate of drug-likeness (QED) is 0.579. The molecule has 164 valence electrons. The van der Waals surface area contributed by atoms with Gasteiger partial charge in [0, 0.05) is 26.2 Å². The van der Waals surface area contributed by atoms with Crippen molar-refractivity contribution in [2.45, 2.75) is 25.4 Å². The van der Waals surface area contributed by atoms with Gasteiger partial charge in [-0.15, -0.1) is 0 Å². The Morgan fingerprint density at radius 3 is 2.25 bits per heavy atom. The number of hydrogen-bond donors (Lipinski definition) is 2. The lowest BCUT2D eigenvalue weighted by Gasteiger charge is -2.34. The molecule has 0 aromatic heterocycles. The van der Waals surface area contributed by atoms with Gasteiger partial charge in [0.05, 0.1) is 12.5 Å². The summed E-state index contributed by atoms with van der Waals surface area (Å²) < 4.78 is 0. The zero-order valence-electron chi connectivity index (χ0n) is 18.2. The Labute approximate surface area is 189 Å². The van der Waals surface area contributed by atoms with Crippen LogP contribution in [0.3, 0.4) is 0 Å². The molecule has 5 heteroatoms. The number of piperazine rings is 1. The summed E-state index contributed by atoms with van der Waals surface area (Å²) in [5.41, 5.74) is 4.67. The summed E-state index contributed by atoms with van der Waals surface area (Å²) in [4.78, 5) is 27.2. The van der Waals surface area contributed by atoms with E-state index >= 15 is 0 Å². The Hall–Kier alpha value is -3.44. The van der Waals surface area contributed by atoms with Crippen LogP contribution in [0.25, 0.3) is 11.1 Å². The largest absolute Gasteiger partial charge is 0.356 e. The summed E-state index contributed by atoms with van der Waals surface area (Å²) in [6.45, 7) is 2.55. The van der Waals surface area contributed by atoms with E-state index in [0.29, 0.717) is 19.6 Å². The maximum absolute atomic E-state index is 12.5. The second-order valence-corrected chi connectivity index (χ2v) is 8.13. The van der Waals surface area contributed by atoms with E-state index in [4.69, 9.17) is 0 Å². The molecule has 0 bridgehead atoms. The van der Waals surface area contributed by atoms with Crippen molar-refractivity contribution >= 4 is 11.8 Å². The van der Waals surface area contributed by atoms with E-state index in [1.165, 1.54) is 16.7 Å². The van der Waals surface area contributed by atoms with E-state index in [1.807, 2.05) is 48.5 Å². The van der Waals surface area contributed by atoms with Gasteiger partial charge in [0.15, 0.2) is 0 Å². The van der Waals surface area contributed by atoms with Crippen LogP contribution in [0.2, 0.25) is 0 Å². The van der Waals surface area contributed by atoms with Crippen LogP contribution in [0.1, 0.15) is 17.5 Å². The average molecular weight is 428 g/mol. The molecule has 0 radical (unpaired) electrons. The van der Waals surface area contributed by atoms with Gasteiger partial charge in [0.1, 0.15) is 0 Å². The number of carbonyl (C=O) groups is 2. The van der Waals surface area contributed by atoms with Crippen LogP contribution in [0.15, 0.2) is 84.9 Å². The normalized spacial score (nSPS) is 16.4. The van der Waals surface area contributed by atoms with Gasteiger partial charge >= 0.3 is 0 Å². The van der Waals surface area contributed by atoms with E-state index in [9.17, 15) is 9.59 Å². The molecule has 32 heavy (non-hydrogen) atoms. The zero-order valence-corrected chi connectivity index (χ0v) is 18.2. The van der Waals surface area contributed by atoms with Crippen molar-refractivity contribution in [1.29, 1.82) is 0 Å². The van der Waals surface area contributed by atoms with Crippen LogP contribution in [-0.2, 0) is 22.6 Å². The molecule has 1 atom stereocenters. The molecule has 3 aromatic carbocycles. The summed E-state index contributed by atoms with van der Waals surface area (Å²) >= 11 is 0. The van der Waals surface area contributed by atoms with Gasteiger partial charge in [-0.1, -0.05) is 84.9 Å². The van der Waals surface area contributed by atoms with Crippen molar-refractivity contribution in [3.05, 3.63) is 96.1 Å². The molecule has 3 aromatic rings. The number of hydrogen-bond acceptors (Lipinski definition) is 3. The van der Waals surface area contributed by atoms with Crippen molar-refractivity contribution in [2.24, 2.45) is 0 Å². The first kappa shape index (κ1) is 21.8. The molecule has 0 saturated carbocycles. The number of amides is 2. The summed E-state index contributed by atoms with van der Waals surface area (Å²) in [6, 6.07) is 28.3. The van der Waals surface area contributed by atoms with Crippen LogP contribution < -0.4 is 10.6 Å². The van der Waals surface area contributed by atoms with E-state index in [0.717, 1.165) is 18.5 Å². The lowest BCUT2D eigenvalue weighted by atomic mass is 10.0. The first-order chi connectivity index (χ1) is 15.7. The number of nitrogens with one attached hydrogen (secondary N) is 2. The predicted molar refractivity (Wildman–Crippen MR) is 127 cm³/mol. The first-order valence-electron chi connectivity index (χ1n) is 11.2. The van der Waals surface area contributed by atoms with E-state index in [2.05, 4.69) is 51.9 Å². The molecule has 1 aliphatic heterocycles. The Morgan fingerprint density at radius 2 is 1.53 bits per heavy atom. The highest BCUT2D eigenvalue weighted by Crippen LogP contribution is 2.21. The third kappa shape index (κ3) is 5.83. The first-order valence-corrected chi connectivity index (χ1v) is 11.2. The van der Waals surface area contributed by atoms with Crippen LogP contribution in [0.4, 0.5) is 0 Å². The number of rotatable bonds is 8. The minimum atomic E-state index is -0.450. The molecule has 2 amide bonds. The molecule has 0 aliphatic carbocycles. The second kappa shape index (κ2) is 10.7. The fourth-order valence-electron chi connectivity index (χ4n) is 4.08. The molecular formula is C27H29N3O2. The fourth-order valence-corrected chi connectivity index (χ4v) is 4.08. The lowest BCUT2D eigenvalue weighted by Crippen LogP contribution is -2.56. The Bertz CT molecular complexity index is 1020. The Balaban J connectivity index is 1.34. The number of benzene rings is 3. The molecule has 1 heterocycles. The van der Waals surface area contributed by atoms with Gasteiger partial charge in [-0.05, 0) is 28.7 Å². The molecule has 1 saturated heterocycles. The lowest BCUT2D eigenvalue weighted by molar-refractivity contribution is -0.134. The van der Waals surface area contributed by atoms with Crippen molar-refractivity contribution in [3.8, 4) is 11.1 Å². The fraction of sp³-hybridized carbons (Fsp3) is 0.259. The summed E-state index contributed by atoms with van der Waals surface area (Å²) in [5, 5.41) is 5.87. The van der Waals surface area contributed by atoms with Crippen molar-refractivity contribution in [3.63, 3.8) is 0 Å². The van der Waals surface area contributed by atoms with Crippen molar-refractivity contribution in [1.82, 2.24) is 15.5 Å². The molecular weight excluding hydrogens is 398 g/mol. The minimum Gasteiger partial charge on any atom is -0.356 e. The SMILES string of the molecule is O=C(C[C@@H]1C(=O)NCCN1Cc1ccc(-c2ccccc2)cc1)NCCc1ccccc1. The zero-order chi connectivity index (χ0) is 22.2. The number of carbonyl (C=O) groups excluding carboxylic acids is 2. The van der Waals surface area contributed by atoms with Gasteiger partial charge < -0.3 is 10.6 Å². The highest BCUT2D eigenvalue weighted by molar-refractivity contribution is 5.88. The monoisotopic (exact) mass is 427 g/mol. The van der Waals surface area contributed by atoms with Crippen LogP contribution in [-0.4, -0.2) is 42.4 Å². The maximum atomic E-state index is 12.5. The molecule has 0 spiro atoms. The Morgan fingerprint density at radius 1 is 0.875 bits per heavy atom. The van der Waals surface area contributed by atoms with E-state index in [1.54, 1.807) is 0 Å². The van der Waals surface area contributed by atoms with Gasteiger partial charge in [-0.2, -0.15) is 0 Å². The van der Waals surface area contributed by atoms with Crippen LogP contribution in [0, 0.1) is 0 Å². The number of nitrogens with zero attached hydrogens (tertiary/aromatic N) is 1. The highest BCUT2D eigenvalue weighted by Gasteiger charge is 2.31.